The van der Waals surface area contributed by atoms with E-state index >= 15 is 0 Å². The second-order valence-corrected chi connectivity index (χ2v) is 2.77. The van der Waals surface area contributed by atoms with Crippen LogP contribution in [-0.2, 0) is 0 Å². The van der Waals surface area contributed by atoms with Gasteiger partial charge in [0.25, 0.3) is 0 Å². The zero-order valence-corrected chi connectivity index (χ0v) is 7.00. The molecule has 0 saturated carbocycles. The van der Waals surface area contributed by atoms with Gasteiger partial charge in [0, 0.05) is 13.2 Å². The first kappa shape index (κ1) is 10.7. The summed E-state index contributed by atoms with van der Waals surface area (Å²) in [5, 5.41) is 17.2. The Hall–Kier alpha value is -0.340. The fourth-order valence-corrected chi connectivity index (χ4v) is 1.18. The van der Waals surface area contributed by atoms with Gasteiger partial charge >= 0.3 is 0 Å². The summed E-state index contributed by atoms with van der Waals surface area (Å²) >= 11 is 0. The van der Waals surface area contributed by atoms with E-state index in [-0.39, 0.29) is 13.2 Å². The molecule has 2 N–H and O–H groups in total. The highest BCUT2D eigenvalue weighted by molar-refractivity contribution is 4.72. The van der Waals surface area contributed by atoms with Crippen LogP contribution in [0, 0.1) is 5.92 Å². The lowest BCUT2D eigenvalue weighted by Crippen LogP contribution is -2.03. The van der Waals surface area contributed by atoms with Gasteiger partial charge in [-0.25, -0.2) is 0 Å². The molecule has 0 bridgehead atoms. The molecule has 0 fully saturated rings. The Balaban J connectivity index is 3.41. The highest BCUT2D eigenvalue weighted by Crippen LogP contribution is 2.14. The third-order valence-electron chi connectivity index (χ3n) is 1.81. The Morgan fingerprint density at radius 3 is 2.36 bits per heavy atom. The maximum atomic E-state index is 8.67. The molecule has 2 nitrogen and oxygen atoms in total. The summed E-state index contributed by atoms with van der Waals surface area (Å²) in [6.45, 7) is 4.14. The quantitative estimate of drug-likeness (QED) is 0.549. The van der Waals surface area contributed by atoms with Gasteiger partial charge in [0.1, 0.15) is 0 Å². The van der Waals surface area contributed by atoms with Crippen molar-refractivity contribution in [3.05, 3.63) is 12.7 Å². The van der Waals surface area contributed by atoms with E-state index in [1.807, 2.05) is 6.08 Å². The van der Waals surface area contributed by atoms with Crippen molar-refractivity contribution in [2.75, 3.05) is 13.2 Å². The van der Waals surface area contributed by atoms with Crippen molar-refractivity contribution in [2.24, 2.45) is 5.92 Å². The SMILES string of the molecule is C=CCC(CCO)CCCO. The normalized spacial score (nSPS) is 12.9. The third kappa shape index (κ3) is 6.07. The minimum absolute atomic E-state index is 0.240. The zero-order chi connectivity index (χ0) is 8.53. The summed E-state index contributed by atoms with van der Waals surface area (Å²) < 4.78 is 0. The predicted molar refractivity (Wildman–Crippen MR) is 46.3 cm³/mol. The van der Waals surface area contributed by atoms with E-state index in [2.05, 4.69) is 6.58 Å². The second-order valence-electron chi connectivity index (χ2n) is 2.77. The molecule has 0 radical (unpaired) electrons. The molecule has 66 valence electrons. The van der Waals surface area contributed by atoms with Crippen LogP contribution in [0.1, 0.15) is 25.7 Å². The lowest BCUT2D eigenvalue weighted by molar-refractivity contribution is 0.233. The molecule has 0 aliphatic rings. The fourth-order valence-electron chi connectivity index (χ4n) is 1.18. The highest BCUT2D eigenvalue weighted by Gasteiger charge is 2.04. The van der Waals surface area contributed by atoms with Crippen LogP contribution in [0.3, 0.4) is 0 Å². The van der Waals surface area contributed by atoms with Gasteiger partial charge in [-0.1, -0.05) is 6.08 Å². The molecule has 0 aromatic heterocycles. The van der Waals surface area contributed by atoms with Crippen LogP contribution < -0.4 is 0 Å². The number of hydrogen-bond donors (Lipinski definition) is 2. The van der Waals surface area contributed by atoms with E-state index < -0.39 is 0 Å². The third-order valence-corrected chi connectivity index (χ3v) is 1.81. The summed E-state index contributed by atoms with van der Waals surface area (Å²) in [5.41, 5.74) is 0. The molecule has 0 aromatic rings. The Morgan fingerprint density at radius 2 is 1.91 bits per heavy atom. The van der Waals surface area contributed by atoms with Crippen molar-refractivity contribution in [3.8, 4) is 0 Å². The Morgan fingerprint density at radius 1 is 1.18 bits per heavy atom. The fraction of sp³-hybridized carbons (Fsp3) is 0.778. The molecule has 0 saturated heterocycles. The Kier molecular flexibility index (Phi) is 7.52. The number of rotatable bonds is 7. The van der Waals surface area contributed by atoms with Crippen LogP contribution in [0.4, 0.5) is 0 Å². The van der Waals surface area contributed by atoms with Crippen LogP contribution >= 0.6 is 0 Å². The van der Waals surface area contributed by atoms with Crippen molar-refractivity contribution >= 4 is 0 Å². The van der Waals surface area contributed by atoms with E-state index in [9.17, 15) is 0 Å². The molecule has 2 heteroatoms. The molecule has 11 heavy (non-hydrogen) atoms. The molecule has 0 aliphatic carbocycles. The molecular formula is C9H18O2. The van der Waals surface area contributed by atoms with Gasteiger partial charge in [0.2, 0.25) is 0 Å². The molecule has 1 atom stereocenters. The topological polar surface area (TPSA) is 40.5 Å². The standard InChI is InChI=1S/C9H18O2/c1-2-4-9(6-8-11)5-3-7-10/h2,9-11H,1,3-8H2. The van der Waals surface area contributed by atoms with Crippen molar-refractivity contribution in [1.82, 2.24) is 0 Å². The molecule has 0 heterocycles. The molecule has 0 aliphatic heterocycles. The Labute approximate surface area is 68.6 Å². The number of aliphatic hydroxyl groups excluding tert-OH is 2. The van der Waals surface area contributed by atoms with Gasteiger partial charge < -0.3 is 10.2 Å². The summed E-state index contributed by atoms with van der Waals surface area (Å²) in [6.07, 6.45) is 5.46. The second kappa shape index (κ2) is 7.76. The first-order chi connectivity index (χ1) is 5.35. The average Bonchev–Trinajstić information content (AvgIpc) is 2.01. The molecular weight excluding hydrogens is 140 g/mol. The van der Waals surface area contributed by atoms with Gasteiger partial charge in [-0.3, -0.25) is 0 Å². The first-order valence-corrected chi connectivity index (χ1v) is 4.17. The minimum Gasteiger partial charge on any atom is -0.396 e. The maximum Gasteiger partial charge on any atom is 0.0433 e. The monoisotopic (exact) mass is 158 g/mol. The molecule has 0 spiro atoms. The van der Waals surface area contributed by atoms with E-state index in [0.29, 0.717) is 5.92 Å². The smallest absolute Gasteiger partial charge is 0.0433 e. The van der Waals surface area contributed by atoms with Crippen LogP contribution in [-0.4, -0.2) is 23.4 Å². The summed E-state index contributed by atoms with van der Waals surface area (Å²) in [6, 6.07) is 0. The van der Waals surface area contributed by atoms with Crippen molar-refractivity contribution < 1.29 is 10.2 Å². The minimum atomic E-state index is 0.240. The van der Waals surface area contributed by atoms with Crippen molar-refractivity contribution in [3.63, 3.8) is 0 Å². The van der Waals surface area contributed by atoms with E-state index in [1.165, 1.54) is 0 Å². The number of allylic oxidation sites excluding steroid dienone is 1. The molecule has 0 aromatic carbocycles. The van der Waals surface area contributed by atoms with Crippen molar-refractivity contribution in [1.29, 1.82) is 0 Å². The van der Waals surface area contributed by atoms with E-state index in [1.54, 1.807) is 0 Å². The number of hydrogen-bond acceptors (Lipinski definition) is 2. The maximum absolute atomic E-state index is 8.67. The van der Waals surface area contributed by atoms with Crippen LogP contribution in [0.15, 0.2) is 12.7 Å². The zero-order valence-electron chi connectivity index (χ0n) is 7.00. The summed E-state index contributed by atoms with van der Waals surface area (Å²) in [5.74, 6) is 0.504. The van der Waals surface area contributed by atoms with Crippen molar-refractivity contribution in [2.45, 2.75) is 25.7 Å². The average molecular weight is 158 g/mol. The predicted octanol–water partition coefficient (Wildman–Crippen LogP) is 1.33. The lowest BCUT2D eigenvalue weighted by Gasteiger charge is -2.11. The van der Waals surface area contributed by atoms with E-state index in [4.69, 9.17) is 10.2 Å². The van der Waals surface area contributed by atoms with Gasteiger partial charge in [-0.05, 0) is 31.6 Å². The summed E-state index contributed by atoms with van der Waals surface area (Å²) in [7, 11) is 0. The molecule has 0 rings (SSSR count). The van der Waals surface area contributed by atoms with Gasteiger partial charge in [0.05, 0.1) is 0 Å². The molecule has 1 unspecified atom stereocenters. The largest absolute Gasteiger partial charge is 0.396 e. The van der Waals surface area contributed by atoms with Crippen LogP contribution in [0.2, 0.25) is 0 Å². The van der Waals surface area contributed by atoms with Crippen LogP contribution in [0.5, 0.6) is 0 Å². The van der Waals surface area contributed by atoms with Crippen LogP contribution in [0.25, 0.3) is 0 Å². The van der Waals surface area contributed by atoms with Gasteiger partial charge in [0.15, 0.2) is 0 Å². The Bertz CT molecular complexity index is 91.6. The lowest BCUT2D eigenvalue weighted by atomic mass is 9.96. The number of aliphatic hydroxyl groups is 2. The van der Waals surface area contributed by atoms with Gasteiger partial charge in [-0.2, -0.15) is 0 Å². The summed E-state index contributed by atoms with van der Waals surface area (Å²) in [4.78, 5) is 0. The molecule has 0 amide bonds. The van der Waals surface area contributed by atoms with E-state index in [0.717, 1.165) is 25.7 Å². The first-order valence-electron chi connectivity index (χ1n) is 4.17. The highest BCUT2D eigenvalue weighted by atomic mass is 16.3. The van der Waals surface area contributed by atoms with Gasteiger partial charge in [-0.15, -0.1) is 6.58 Å².